The first kappa shape index (κ1) is 32.4. The molecule has 2 rings (SSSR count). The summed E-state index contributed by atoms with van der Waals surface area (Å²) in [5.74, 6) is -0.647. The molecule has 0 aliphatic heterocycles. The van der Waals surface area contributed by atoms with Crippen LogP contribution in [0.25, 0.3) is 0 Å². The summed E-state index contributed by atoms with van der Waals surface area (Å²) in [5.41, 5.74) is -3.23. The van der Waals surface area contributed by atoms with Gasteiger partial charge >= 0.3 is 26.9 Å². The van der Waals surface area contributed by atoms with Crippen LogP contribution < -0.4 is 10.0 Å². The van der Waals surface area contributed by atoms with E-state index in [-0.39, 0.29) is 19.3 Å². The van der Waals surface area contributed by atoms with Crippen molar-refractivity contribution in [1.29, 1.82) is 0 Å². The van der Waals surface area contributed by atoms with Crippen LogP contribution in [0.4, 0.5) is 0 Å². The molecular weight excluding hydrogens is 547 g/mol. The predicted molar refractivity (Wildman–Crippen MR) is 146 cm³/mol. The van der Waals surface area contributed by atoms with Crippen LogP contribution in [0.1, 0.15) is 59.9 Å². The number of benzene rings is 2. The average Bonchev–Trinajstić information content (AvgIpc) is 2.82. The minimum Gasteiger partial charge on any atom is -0.453 e. The second-order valence-electron chi connectivity index (χ2n) is 10.9. The normalized spacial score (nSPS) is 13.2. The van der Waals surface area contributed by atoms with Crippen LogP contribution in [0.2, 0.25) is 0 Å². The van der Waals surface area contributed by atoms with E-state index in [0.29, 0.717) is 22.4 Å². The van der Waals surface area contributed by atoms with Gasteiger partial charge in [-0.1, -0.05) is 34.9 Å². The van der Waals surface area contributed by atoms with E-state index in [1.807, 2.05) is 6.07 Å². The smallest absolute Gasteiger partial charge is 0.367 e. The van der Waals surface area contributed by atoms with Crippen molar-refractivity contribution in [2.75, 3.05) is 0 Å². The van der Waals surface area contributed by atoms with Gasteiger partial charge in [0.15, 0.2) is 11.2 Å². The quantitative estimate of drug-likeness (QED) is 0.154. The second kappa shape index (κ2) is 13.5. The van der Waals surface area contributed by atoms with Gasteiger partial charge in [0, 0.05) is 5.56 Å². The molecule has 2 aromatic rings. The van der Waals surface area contributed by atoms with Gasteiger partial charge in [0.05, 0.1) is 10.8 Å². The molecule has 1 unspecified atom stereocenters. The molecule has 0 saturated carbocycles. The first-order valence-electron chi connectivity index (χ1n) is 12.3. The van der Waals surface area contributed by atoms with Gasteiger partial charge in [-0.2, -0.15) is 8.42 Å². The minimum absolute atomic E-state index is 0.157. The summed E-state index contributed by atoms with van der Waals surface area (Å²) in [4.78, 5) is 24.8. The van der Waals surface area contributed by atoms with E-state index in [9.17, 15) is 27.1 Å². The Morgan fingerprint density at radius 3 is 1.95 bits per heavy atom. The average molecular weight is 584 g/mol. The maximum Gasteiger partial charge on any atom is 0.367 e. The van der Waals surface area contributed by atoms with Crippen molar-refractivity contribution in [3.63, 3.8) is 0 Å². The number of hydrogen-bond acceptors (Lipinski definition) is 9. The van der Waals surface area contributed by atoms with Crippen LogP contribution in [0, 0.1) is 10.8 Å². The van der Waals surface area contributed by atoms with Gasteiger partial charge in [-0.3, -0.25) is 18.9 Å². The van der Waals surface area contributed by atoms with Gasteiger partial charge < -0.3 is 14.2 Å². The zero-order valence-electron chi connectivity index (χ0n) is 22.9. The molecule has 0 aliphatic carbocycles. The Hall–Kier alpha value is -2.85. The summed E-state index contributed by atoms with van der Waals surface area (Å²) in [7, 11) is -5.65. The molecule has 39 heavy (non-hydrogen) atoms. The van der Waals surface area contributed by atoms with Gasteiger partial charge in [0.1, 0.15) is 5.75 Å². The first-order chi connectivity index (χ1) is 18.0. The third kappa shape index (κ3) is 10.3. The SMILES string of the molecule is CC(C)(C)C(=O)OC(OC(=O)C(C)(C)C)O[C@H](CCCc1cccc(Oc2ccccc2)c1[PH+]=O)S(=O)(=O)O. The van der Waals surface area contributed by atoms with E-state index in [2.05, 4.69) is 0 Å². The number of carbonyl (C=O) groups is 2. The Balaban J connectivity index is 2.20. The molecule has 0 aromatic heterocycles. The molecule has 1 N–H and O–H groups in total. The van der Waals surface area contributed by atoms with Crippen molar-refractivity contribution >= 4 is 35.8 Å². The van der Waals surface area contributed by atoms with E-state index in [0.717, 1.165) is 0 Å². The first-order valence-corrected chi connectivity index (χ1v) is 14.7. The zero-order valence-corrected chi connectivity index (χ0v) is 24.7. The van der Waals surface area contributed by atoms with Gasteiger partial charge in [-0.15, -0.1) is 0 Å². The highest BCUT2D eigenvalue weighted by molar-refractivity contribution is 7.86. The Labute approximate surface area is 230 Å². The molecule has 10 nitrogen and oxygen atoms in total. The molecule has 0 bridgehead atoms. The molecule has 0 radical (unpaired) electrons. The van der Waals surface area contributed by atoms with Crippen molar-refractivity contribution in [2.45, 2.75) is 72.7 Å². The predicted octanol–water partition coefficient (Wildman–Crippen LogP) is 5.14. The lowest BCUT2D eigenvalue weighted by Gasteiger charge is -2.27. The lowest BCUT2D eigenvalue weighted by Crippen LogP contribution is -2.39. The van der Waals surface area contributed by atoms with Crippen LogP contribution >= 0.6 is 8.46 Å². The van der Waals surface area contributed by atoms with Crippen molar-refractivity contribution in [3.05, 3.63) is 54.1 Å². The number of rotatable bonds is 12. The van der Waals surface area contributed by atoms with Crippen LogP contribution in [-0.4, -0.2) is 36.8 Å². The third-order valence-electron chi connectivity index (χ3n) is 5.30. The van der Waals surface area contributed by atoms with E-state index in [1.54, 1.807) is 84.0 Å². The summed E-state index contributed by atoms with van der Waals surface area (Å²) in [5, 5.41) is 0.446. The molecule has 0 aliphatic rings. The summed E-state index contributed by atoms with van der Waals surface area (Å²) in [6.45, 7) is 7.34. The molecule has 2 aromatic carbocycles. The van der Waals surface area contributed by atoms with E-state index >= 15 is 0 Å². The van der Waals surface area contributed by atoms with Gasteiger partial charge in [-0.25, -0.2) is 0 Å². The van der Waals surface area contributed by atoms with Crippen molar-refractivity contribution in [2.24, 2.45) is 10.8 Å². The Morgan fingerprint density at radius 1 is 0.897 bits per heavy atom. The van der Waals surface area contributed by atoms with Crippen molar-refractivity contribution in [1.82, 2.24) is 0 Å². The molecule has 0 spiro atoms. The number of para-hydroxylation sites is 1. The van der Waals surface area contributed by atoms with E-state index < -0.39 is 53.3 Å². The van der Waals surface area contributed by atoms with E-state index in [4.69, 9.17) is 18.9 Å². The number of hydrogen-bond donors (Lipinski definition) is 1. The van der Waals surface area contributed by atoms with Crippen LogP contribution in [-0.2, 0) is 44.9 Å². The summed E-state index contributed by atoms with van der Waals surface area (Å²) in [6, 6.07) is 14.1. The molecule has 0 fully saturated rings. The minimum atomic E-state index is -4.81. The van der Waals surface area contributed by atoms with Gasteiger partial charge in [0.25, 0.3) is 10.1 Å². The highest BCUT2D eigenvalue weighted by Gasteiger charge is 2.36. The maximum atomic E-state index is 12.4. The number of carbonyl (C=O) groups excluding carboxylic acids is 2. The van der Waals surface area contributed by atoms with Crippen LogP contribution in [0.3, 0.4) is 0 Å². The lowest BCUT2D eigenvalue weighted by atomic mass is 9.97. The Bertz CT molecular complexity index is 1220. The lowest BCUT2D eigenvalue weighted by molar-refractivity contribution is -0.279. The highest BCUT2D eigenvalue weighted by Crippen LogP contribution is 2.26. The highest BCUT2D eigenvalue weighted by atomic mass is 32.2. The molecule has 214 valence electrons. The van der Waals surface area contributed by atoms with Crippen molar-refractivity contribution < 1.29 is 46.1 Å². The third-order valence-corrected chi connectivity index (χ3v) is 7.08. The fourth-order valence-electron chi connectivity index (χ4n) is 3.08. The molecule has 0 heterocycles. The number of esters is 2. The van der Waals surface area contributed by atoms with Crippen LogP contribution in [0.15, 0.2) is 48.5 Å². The second-order valence-corrected chi connectivity index (χ2v) is 13.1. The fraction of sp³-hybridized carbons (Fsp3) is 0.481. The van der Waals surface area contributed by atoms with Gasteiger partial charge in [-0.05, 0) is 79.0 Å². The fourth-order valence-corrected chi connectivity index (χ4v) is 4.35. The number of ether oxygens (including phenoxy) is 4. The van der Waals surface area contributed by atoms with Gasteiger partial charge in [0.2, 0.25) is 5.30 Å². The summed E-state index contributed by atoms with van der Waals surface area (Å²) < 4.78 is 67.6. The maximum absolute atomic E-state index is 12.4. The largest absolute Gasteiger partial charge is 0.453 e. The monoisotopic (exact) mass is 583 g/mol. The topological polar surface area (TPSA) is 142 Å². The van der Waals surface area contributed by atoms with Crippen molar-refractivity contribution in [3.8, 4) is 11.5 Å². The standard InChI is InChI=1S/C27H35O10PS/c1-26(2,3)23(28)36-25(37-24(29)27(4,5)6)35-21(39(31,32)33)17-11-13-18-12-10-16-20(22(18)38-30)34-19-14-8-7-9-15-19/h7-10,12,14-16,21,25H,11,13,17H2,1-6H3,(H,31,32,33)/p+1/t21-/m0/s1. The molecule has 0 saturated heterocycles. The van der Waals surface area contributed by atoms with Crippen LogP contribution in [0.5, 0.6) is 11.5 Å². The summed E-state index contributed by atoms with van der Waals surface area (Å²) >= 11 is 0. The Morgan fingerprint density at radius 2 is 1.46 bits per heavy atom. The Kier molecular flexibility index (Phi) is 11.2. The summed E-state index contributed by atoms with van der Waals surface area (Å²) in [6.07, 6.45) is 0.171. The molecular formula is C27H36O10PS+. The zero-order chi connectivity index (χ0) is 29.4. The molecule has 0 amide bonds. The molecule has 2 atom stereocenters. The number of aryl methyl sites for hydroxylation is 1. The van der Waals surface area contributed by atoms with E-state index in [1.165, 1.54) is 0 Å². The molecule has 12 heteroatoms.